The average molecular weight is 1120 g/mol. The van der Waals surface area contributed by atoms with E-state index in [4.69, 9.17) is 6.57 Å². The first kappa shape index (κ1) is 58.3. The van der Waals surface area contributed by atoms with E-state index in [-0.39, 0.29) is 5.70 Å². The van der Waals surface area contributed by atoms with Crippen molar-refractivity contribution in [1.29, 1.82) is 0 Å². The topological polar surface area (TPSA) is 41.7 Å². The van der Waals surface area contributed by atoms with Crippen LogP contribution in [0.3, 0.4) is 0 Å². The van der Waals surface area contributed by atoms with Crippen molar-refractivity contribution in [3.63, 3.8) is 0 Å². The van der Waals surface area contributed by atoms with Crippen LogP contribution in [-0.4, -0.2) is 11.1 Å². The van der Waals surface area contributed by atoms with E-state index in [0.717, 1.165) is 30.6 Å². The molecule has 7 rings (SSSR count). The van der Waals surface area contributed by atoms with Gasteiger partial charge in [0.15, 0.2) is 0 Å². The second-order valence-corrected chi connectivity index (χ2v) is 27.6. The molecule has 0 saturated heterocycles. The normalized spacial score (nSPS) is 11.9. The fourth-order valence-electron chi connectivity index (χ4n) is 9.98. The molecule has 7 aromatic rings. The largest absolute Gasteiger partial charge is 0.486 e. The van der Waals surface area contributed by atoms with Crippen molar-refractivity contribution in [2.75, 3.05) is 0 Å². The zero-order chi connectivity index (χ0) is 51.9. The summed E-state index contributed by atoms with van der Waals surface area (Å²) in [5.41, 5.74) is 5.55. The highest BCUT2D eigenvalue weighted by atomic mass is 32.1. The molecule has 1 N–H and O–H groups in total. The fourth-order valence-corrected chi connectivity index (χ4v) is 18.3. The molecule has 10 heteroatoms. The molecule has 0 bridgehead atoms. The molecule has 0 saturated carbocycles. The third kappa shape index (κ3) is 17.0. The maximum absolute atomic E-state index is 11.9. The van der Waals surface area contributed by atoms with E-state index in [2.05, 4.69) is 98.6 Å². The average Bonchev–Trinajstić information content (AvgIpc) is 4.27. The van der Waals surface area contributed by atoms with Gasteiger partial charge in [-0.25, -0.2) is 4.85 Å². The van der Waals surface area contributed by atoms with Gasteiger partial charge in [-0.05, 0) is 146 Å². The highest BCUT2D eigenvalue weighted by Crippen LogP contribution is 2.50. The van der Waals surface area contributed by atoms with Crippen LogP contribution in [0.4, 0.5) is 0 Å². The maximum Gasteiger partial charge on any atom is 0.333 e. The monoisotopic (exact) mass is 1120 g/mol. The summed E-state index contributed by atoms with van der Waals surface area (Å²) in [6.45, 7) is 16.7. The molecule has 0 unspecified atom stereocenters. The molecule has 3 nitrogen and oxygen atoms in total. The molecule has 0 aromatic carbocycles. The van der Waals surface area contributed by atoms with Crippen molar-refractivity contribution in [2.24, 2.45) is 0 Å². The van der Waals surface area contributed by atoms with Crippen molar-refractivity contribution in [2.45, 2.75) is 207 Å². The van der Waals surface area contributed by atoms with Crippen molar-refractivity contribution in [3.8, 4) is 58.5 Å². The number of hydrogen-bond donors (Lipinski definition) is 1. The molecule has 0 radical (unpaired) electrons. The number of carbonyl (C=O) groups is 1. The fraction of sp³-hybridized carbons (Fsp3) is 0.500. The van der Waals surface area contributed by atoms with Gasteiger partial charge < -0.3 is 5.11 Å². The van der Waals surface area contributed by atoms with E-state index in [0.29, 0.717) is 0 Å². The minimum atomic E-state index is -1.17. The zero-order valence-corrected chi connectivity index (χ0v) is 50.6. The third-order valence-corrected chi connectivity index (χ3v) is 23.0. The molecule has 0 spiro atoms. The molecular weight excluding hydrogens is 1040 g/mol. The Labute approximate surface area is 473 Å². The first-order valence-electron chi connectivity index (χ1n) is 28.4. The van der Waals surface area contributed by atoms with Crippen molar-refractivity contribution < 1.29 is 9.90 Å². The molecule has 0 aliphatic rings. The summed E-state index contributed by atoms with van der Waals surface area (Å²) < 4.78 is 0. The van der Waals surface area contributed by atoms with Crippen molar-refractivity contribution in [3.05, 3.63) is 110 Å². The summed E-state index contributed by atoms with van der Waals surface area (Å²) in [7, 11) is 0. The van der Waals surface area contributed by atoms with Gasteiger partial charge in [0.2, 0.25) is 0 Å². The Morgan fingerprint density at radius 1 is 0.419 bits per heavy atom. The quantitative estimate of drug-likeness (QED) is 0.0242. The number of rotatable bonds is 36. The number of nitrogens with zero attached hydrogens (tertiary/aromatic N) is 1. The van der Waals surface area contributed by atoms with E-state index in [1.807, 2.05) is 68.0 Å². The summed E-state index contributed by atoms with van der Waals surface area (Å²) in [5.74, 6) is -1.17. The summed E-state index contributed by atoms with van der Waals surface area (Å²) in [5, 5.41) is 12.0. The summed E-state index contributed by atoms with van der Waals surface area (Å²) >= 11 is 13.4. The molecule has 7 aromatic heterocycles. The number of carboxylic acid groups (broad SMARTS) is 1. The van der Waals surface area contributed by atoms with Crippen LogP contribution >= 0.6 is 79.4 Å². The molecule has 0 amide bonds. The van der Waals surface area contributed by atoms with Gasteiger partial charge in [0.25, 0.3) is 5.70 Å². The highest BCUT2D eigenvalue weighted by molar-refractivity contribution is 7.31. The number of thiophene rings is 7. The Bertz CT molecular complexity index is 2820. The van der Waals surface area contributed by atoms with Gasteiger partial charge in [-0.15, -0.1) is 79.4 Å². The number of aryl methyl sites for hydroxylation is 4. The molecule has 0 aliphatic heterocycles. The SMILES string of the molecule is [C-]#[N+]/C(=C\c1cc(CCCCCCCC)c(-c2ccc(-c3sc(-c4ccc(-c5cc(CCCCCCCC)c(-c6ccc(-c7sccc7CCCCCCCC)s6)s5)s4)cc3CCCCCCCC)s2)s1)C(=O)O. The Morgan fingerprint density at radius 2 is 0.770 bits per heavy atom. The van der Waals surface area contributed by atoms with Crippen molar-refractivity contribution >= 4 is 91.4 Å². The highest BCUT2D eigenvalue weighted by Gasteiger charge is 2.22. The molecule has 0 aliphatic carbocycles. The predicted octanol–water partition coefficient (Wildman–Crippen LogP) is 24.1. The number of hydrogen-bond acceptors (Lipinski definition) is 8. The van der Waals surface area contributed by atoms with Gasteiger partial charge in [-0.2, -0.15) is 0 Å². The van der Waals surface area contributed by atoms with Gasteiger partial charge in [0, 0.05) is 63.4 Å². The second-order valence-electron chi connectivity index (χ2n) is 20.2. The zero-order valence-electron chi connectivity index (χ0n) is 44.9. The Kier molecular flexibility index (Phi) is 25.0. The van der Waals surface area contributed by atoms with Gasteiger partial charge in [0.1, 0.15) is 0 Å². The molecule has 0 atom stereocenters. The minimum Gasteiger partial charge on any atom is -0.486 e. The summed E-state index contributed by atoms with van der Waals surface area (Å²) in [6.07, 6.45) is 36.8. The second kappa shape index (κ2) is 31.7. The number of unbranched alkanes of at least 4 members (excludes halogenated alkanes) is 20. The maximum atomic E-state index is 11.9. The summed E-state index contributed by atoms with van der Waals surface area (Å²) in [6, 6.07) is 23.8. The van der Waals surface area contributed by atoms with E-state index in [9.17, 15) is 9.90 Å². The van der Waals surface area contributed by atoms with Crippen molar-refractivity contribution in [1.82, 2.24) is 0 Å². The van der Waals surface area contributed by atoms with Crippen LogP contribution in [0.1, 0.15) is 209 Å². The molecular formula is C64H81NO2S7. The van der Waals surface area contributed by atoms with Gasteiger partial charge >= 0.3 is 5.97 Å². The molecule has 396 valence electrons. The lowest BCUT2D eigenvalue weighted by Gasteiger charge is -2.04. The molecule has 0 fully saturated rings. The molecule has 7 heterocycles. The smallest absolute Gasteiger partial charge is 0.333 e. The minimum absolute atomic E-state index is 0.232. The van der Waals surface area contributed by atoms with Gasteiger partial charge in [-0.1, -0.05) is 156 Å². The Balaban J connectivity index is 1.15. The summed E-state index contributed by atoms with van der Waals surface area (Å²) in [4.78, 5) is 32.5. The van der Waals surface area contributed by atoms with E-state index < -0.39 is 5.97 Å². The van der Waals surface area contributed by atoms with E-state index in [1.165, 1.54) is 235 Å². The van der Waals surface area contributed by atoms with E-state index in [1.54, 1.807) is 17.4 Å². The first-order chi connectivity index (χ1) is 36.3. The van der Waals surface area contributed by atoms with Crippen LogP contribution in [0.5, 0.6) is 0 Å². The number of aliphatic carboxylic acids is 1. The Morgan fingerprint density at radius 3 is 1.19 bits per heavy atom. The number of carboxylic acids is 1. The van der Waals surface area contributed by atoms with Gasteiger partial charge in [0.05, 0.1) is 6.57 Å². The van der Waals surface area contributed by atoms with Crippen LogP contribution in [0.2, 0.25) is 0 Å². The van der Waals surface area contributed by atoms with Crippen LogP contribution in [0, 0.1) is 6.57 Å². The van der Waals surface area contributed by atoms with Crippen LogP contribution in [0.15, 0.2) is 71.7 Å². The lowest BCUT2D eigenvalue weighted by Crippen LogP contribution is -1.94. The third-order valence-electron chi connectivity index (χ3n) is 14.2. The lowest BCUT2D eigenvalue weighted by molar-refractivity contribution is -0.132. The van der Waals surface area contributed by atoms with Crippen LogP contribution < -0.4 is 0 Å². The Hall–Kier alpha value is -3.40. The first-order valence-corrected chi connectivity index (χ1v) is 34.2. The van der Waals surface area contributed by atoms with Crippen LogP contribution in [-0.2, 0) is 30.5 Å². The predicted molar refractivity (Wildman–Crippen MR) is 335 cm³/mol. The van der Waals surface area contributed by atoms with E-state index >= 15 is 0 Å². The standard InChI is InChI=1S/C64H81NO2S7/c1-6-10-14-18-22-26-30-46-40-41-68-60(46)54-36-37-56(71-54)62-48(32-28-24-20-16-12-8-3)43-58(73-62)52-34-35-53(70-52)59-44-49(33-29-25-21-17-13-9-4)63(74-59)57-39-38-55(72-57)61-47(31-27-23-19-15-11-7-2)42-50(69-61)45-51(65-5)64(66)67/h34-45H,6-33H2,1-4H3,(H,66,67)/b51-45-. The lowest BCUT2D eigenvalue weighted by atomic mass is 10.0. The molecule has 74 heavy (non-hydrogen) atoms. The van der Waals surface area contributed by atoms with Crippen LogP contribution in [0.25, 0.3) is 69.4 Å². The van der Waals surface area contributed by atoms with Gasteiger partial charge in [-0.3, -0.25) is 4.79 Å².